The summed E-state index contributed by atoms with van der Waals surface area (Å²) in [4.78, 5) is 12.3. The number of hydrogen-bond donors (Lipinski definition) is 2. The van der Waals surface area contributed by atoms with Crippen LogP contribution in [-0.4, -0.2) is 35.0 Å². The minimum atomic E-state index is -3.61. The van der Waals surface area contributed by atoms with Crippen molar-refractivity contribution in [1.29, 1.82) is 0 Å². The summed E-state index contributed by atoms with van der Waals surface area (Å²) >= 11 is 5.60. The van der Waals surface area contributed by atoms with Crippen molar-refractivity contribution in [2.75, 3.05) is 11.1 Å². The molecule has 0 spiro atoms. The summed E-state index contributed by atoms with van der Waals surface area (Å²) < 4.78 is 82.3. The number of carbonyl (C=O) groups is 1. The molecular weight excluding hydrogens is 494 g/mol. The molecule has 1 aromatic carbocycles. The van der Waals surface area contributed by atoms with E-state index in [2.05, 4.69) is 10.4 Å². The van der Waals surface area contributed by atoms with Crippen LogP contribution in [0.1, 0.15) is 47.5 Å². The number of sulfone groups is 1. The third-order valence-corrected chi connectivity index (χ3v) is 6.64. The van der Waals surface area contributed by atoms with Crippen molar-refractivity contribution >= 4 is 33.0 Å². The summed E-state index contributed by atoms with van der Waals surface area (Å²) in [7, 11) is -3.61. The Bertz CT molecular complexity index is 1290. The summed E-state index contributed by atoms with van der Waals surface area (Å²) in [6.07, 6.45) is -6.36. The van der Waals surface area contributed by atoms with Gasteiger partial charge in [-0.2, -0.15) is 5.10 Å². The molecule has 0 saturated carbocycles. The Hall–Kier alpha value is -3.06. The average molecular weight is 510 g/mol. The van der Waals surface area contributed by atoms with Crippen LogP contribution < -0.4 is 5.32 Å². The molecule has 0 aliphatic carbocycles. The highest BCUT2D eigenvalue weighted by atomic mass is 35.5. The van der Waals surface area contributed by atoms with E-state index in [-0.39, 0.29) is 27.9 Å². The Morgan fingerprint density at radius 2 is 1.91 bits per heavy atom. The van der Waals surface area contributed by atoms with Crippen molar-refractivity contribution in [3.63, 3.8) is 0 Å². The number of phenolic OH excluding ortho intramolecular Hbond substituents is 1. The van der Waals surface area contributed by atoms with E-state index in [9.17, 15) is 35.9 Å². The van der Waals surface area contributed by atoms with Gasteiger partial charge in [-0.1, -0.05) is 18.5 Å². The van der Waals surface area contributed by atoms with E-state index in [1.807, 2.05) is 0 Å². The molecule has 2 heterocycles. The summed E-state index contributed by atoms with van der Waals surface area (Å²) in [5, 5.41) is 14.8. The standard InChI is InChI=1S/C19H16ClF4N3O5S/c1-2-33(30,31)10-4-5-12(28)11(7-10)25-19(29)13-6-3-9(32-13)8-27-16(18(23)24)14(20)15(26-27)17(21)22/h3-7,17-18,28H,2,8H2,1H3,(H,25,29). The van der Waals surface area contributed by atoms with Gasteiger partial charge in [0.1, 0.15) is 22.9 Å². The molecule has 1 amide bonds. The number of aromatic nitrogens is 2. The number of nitrogens with one attached hydrogen (secondary N) is 1. The van der Waals surface area contributed by atoms with Gasteiger partial charge >= 0.3 is 0 Å². The van der Waals surface area contributed by atoms with Crippen LogP contribution in [0, 0.1) is 0 Å². The Kier molecular flexibility index (Phi) is 7.03. The molecule has 2 N–H and O–H groups in total. The Morgan fingerprint density at radius 1 is 1.21 bits per heavy atom. The lowest BCUT2D eigenvalue weighted by atomic mass is 10.3. The molecule has 33 heavy (non-hydrogen) atoms. The van der Waals surface area contributed by atoms with Crippen LogP contribution in [-0.2, 0) is 16.4 Å². The number of nitrogens with zero attached hydrogens (tertiary/aromatic N) is 2. The van der Waals surface area contributed by atoms with E-state index in [4.69, 9.17) is 16.0 Å². The van der Waals surface area contributed by atoms with E-state index >= 15 is 0 Å². The van der Waals surface area contributed by atoms with Gasteiger partial charge in [-0.25, -0.2) is 26.0 Å². The van der Waals surface area contributed by atoms with Crippen LogP contribution in [0.4, 0.5) is 23.2 Å². The highest BCUT2D eigenvalue weighted by Crippen LogP contribution is 2.35. The molecule has 178 valence electrons. The van der Waals surface area contributed by atoms with Gasteiger partial charge in [0.15, 0.2) is 15.6 Å². The van der Waals surface area contributed by atoms with Crippen molar-refractivity contribution in [2.24, 2.45) is 0 Å². The second-order valence-corrected chi connectivity index (χ2v) is 9.30. The zero-order chi connectivity index (χ0) is 24.5. The normalized spacial score (nSPS) is 12.0. The van der Waals surface area contributed by atoms with Gasteiger partial charge < -0.3 is 14.8 Å². The van der Waals surface area contributed by atoms with Gasteiger partial charge in [0.05, 0.1) is 27.9 Å². The fourth-order valence-electron chi connectivity index (χ4n) is 2.83. The molecule has 3 aromatic rings. The summed E-state index contributed by atoms with van der Waals surface area (Å²) in [6.45, 7) is 0.913. The van der Waals surface area contributed by atoms with Crippen LogP contribution in [0.5, 0.6) is 5.75 Å². The molecule has 3 rings (SSSR count). The van der Waals surface area contributed by atoms with Gasteiger partial charge in [-0.15, -0.1) is 0 Å². The van der Waals surface area contributed by atoms with Crippen molar-refractivity contribution < 1.29 is 40.3 Å². The van der Waals surface area contributed by atoms with Crippen LogP contribution in [0.2, 0.25) is 5.02 Å². The molecule has 0 saturated heterocycles. The molecule has 0 fully saturated rings. The Labute approximate surface area is 189 Å². The van der Waals surface area contributed by atoms with Gasteiger partial charge in [0, 0.05) is 0 Å². The number of amides is 1. The molecule has 0 aliphatic rings. The highest BCUT2D eigenvalue weighted by molar-refractivity contribution is 7.91. The zero-order valence-corrected chi connectivity index (χ0v) is 18.3. The van der Waals surface area contributed by atoms with E-state index in [1.54, 1.807) is 0 Å². The predicted molar refractivity (Wildman–Crippen MR) is 109 cm³/mol. The van der Waals surface area contributed by atoms with Gasteiger partial charge in [0.25, 0.3) is 18.8 Å². The number of anilines is 1. The average Bonchev–Trinajstić information content (AvgIpc) is 3.34. The fraction of sp³-hybridized carbons (Fsp3) is 0.263. The van der Waals surface area contributed by atoms with Crippen LogP contribution in [0.25, 0.3) is 0 Å². The monoisotopic (exact) mass is 509 g/mol. The van der Waals surface area contributed by atoms with Crippen molar-refractivity contribution in [3.05, 3.63) is 58.3 Å². The minimum absolute atomic E-state index is 0.0754. The number of halogens is 5. The number of carbonyl (C=O) groups excluding carboxylic acids is 1. The van der Waals surface area contributed by atoms with Gasteiger partial charge in [-0.05, 0) is 30.3 Å². The van der Waals surface area contributed by atoms with Crippen molar-refractivity contribution in [3.8, 4) is 5.75 Å². The third-order valence-electron chi connectivity index (χ3n) is 4.52. The first-order valence-corrected chi connectivity index (χ1v) is 11.3. The first-order chi connectivity index (χ1) is 15.4. The van der Waals surface area contributed by atoms with Crippen LogP contribution >= 0.6 is 11.6 Å². The summed E-state index contributed by atoms with van der Waals surface area (Å²) in [5.74, 6) is -1.88. The smallest absolute Gasteiger partial charge is 0.291 e. The first kappa shape index (κ1) is 24.6. The molecule has 2 aromatic heterocycles. The highest BCUT2D eigenvalue weighted by Gasteiger charge is 2.28. The Balaban J connectivity index is 1.83. The van der Waals surface area contributed by atoms with E-state index in [0.29, 0.717) is 4.68 Å². The second kappa shape index (κ2) is 9.43. The maximum absolute atomic E-state index is 13.3. The number of hydrogen-bond acceptors (Lipinski definition) is 6. The molecule has 0 unspecified atom stereocenters. The van der Waals surface area contributed by atoms with Crippen molar-refractivity contribution in [2.45, 2.75) is 31.2 Å². The van der Waals surface area contributed by atoms with Gasteiger partial charge in [0.2, 0.25) is 0 Å². The molecule has 14 heteroatoms. The lowest BCUT2D eigenvalue weighted by molar-refractivity contribution is 0.0993. The largest absolute Gasteiger partial charge is 0.506 e. The molecule has 0 aliphatic heterocycles. The minimum Gasteiger partial charge on any atom is -0.506 e. The second-order valence-electron chi connectivity index (χ2n) is 6.65. The number of furan rings is 1. The lowest BCUT2D eigenvalue weighted by Gasteiger charge is -2.09. The topological polar surface area (TPSA) is 114 Å². The fourth-order valence-corrected chi connectivity index (χ4v) is 4.04. The number of benzene rings is 1. The maximum atomic E-state index is 13.3. The summed E-state index contributed by atoms with van der Waals surface area (Å²) in [5.41, 5.74) is -2.13. The lowest BCUT2D eigenvalue weighted by Crippen LogP contribution is -2.12. The van der Waals surface area contributed by atoms with E-state index < -0.39 is 57.3 Å². The maximum Gasteiger partial charge on any atom is 0.291 e. The number of alkyl halides is 4. The molecule has 0 radical (unpaired) electrons. The third kappa shape index (κ3) is 5.14. The Morgan fingerprint density at radius 3 is 2.52 bits per heavy atom. The molecule has 0 atom stereocenters. The number of phenols is 1. The quantitative estimate of drug-likeness (QED) is 0.333. The van der Waals surface area contributed by atoms with E-state index in [0.717, 1.165) is 12.1 Å². The van der Waals surface area contributed by atoms with Crippen LogP contribution in [0.3, 0.4) is 0 Å². The molecular formula is C19H16ClF4N3O5S. The predicted octanol–water partition coefficient (Wildman–Crippen LogP) is 4.80. The van der Waals surface area contributed by atoms with Crippen LogP contribution in [0.15, 0.2) is 39.6 Å². The van der Waals surface area contributed by atoms with Gasteiger partial charge in [-0.3, -0.25) is 9.48 Å². The zero-order valence-electron chi connectivity index (χ0n) is 16.7. The number of aromatic hydroxyl groups is 1. The summed E-state index contributed by atoms with van der Waals surface area (Å²) in [6, 6.07) is 5.76. The number of rotatable bonds is 8. The van der Waals surface area contributed by atoms with E-state index in [1.165, 1.54) is 25.1 Å². The SMILES string of the molecule is CCS(=O)(=O)c1ccc(O)c(NC(=O)c2ccc(Cn3nc(C(F)F)c(Cl)c3C(F)F)o2)c1. The molecule has 0 bridgehead atoms. The van der Waals surface area contributed by atoms with Crippen molar-refractivity contribution in [1.82, 2.24) is 9.78 Å². The first-order valence-electron chi connectivity index (χ1n) is 9.22. The molecule has 8 nitrogen and oxygen atoms in total.